The molecule has 0 aliphatic heterocycles. The van der Waals surface area contributed by atoms with E-state index >= 15 is 0 Å². The number of hydrogen-bond acceptors (Lipinski definition) is 6. The Morgan fingerprint density at radius 3 is 0.704 bits per heavy atom. The van der Waals surface area contributed by atoms with Gasteiger partial charge in [-0.2, -0.15) is 26.2 Å². The molecule has 0 saturated carbocycles. The van der Waals surface area contributed by atoms with Gasteiger partial charge >= 0.3 is 120 Å². The van der Waals surface area contributed by atoms with E-state index in [9.17, 15) is 0 Å². The van der Waals surface area contributed by atoms with Crippen molar-refractivity contribution >= 4 is 75.3 Å². The van der Waals surface area contributed by atoms with Gasteiger partial charge in [0.1, 0.15) is 0 Å². The number of nitrogens with two attached hydrogens (primary N) is 2. The van der Waals surface area contributed by atoms with Gasteiger partial charge in [0.05, 0.1) is 0 Å². The predicted octanol–water partition coefficient (Wildman–Crippen LogP) is 9.63. The molecular weight excluding hydrogens is 1090 g/mol. The summed E-state index contributed by atoms with van der Waals surface area (Å²) in [6.45, 7) is 0.944. The Morgan fingerprint density at radius 2 is 0.704 bits per heavy atom. The van der Waals surface area contributed by atoms with Gasteiger partial charge in [0.2, 0.25) is 0 Å². The molecular formula is C4H16Cl8N8O4Pt3-6. The van der Waals surface area contributed by atoms with Crippen LogP contribution in [0, 0.1) is 20.2 Å². The van der Waals surface area contributed by atoms with Crippen LogP contribution in [0.1, 0.15) is 0 Å². The van der Waals surface area contributed by atoms with E-state index in [2.05, 4.69) is 0 Å². The molecule has 0 aromatic carbocycles. The summed E-state index contributed by atoms with van der Waals surface area (Å²) in [5, 5.41) is 18.0. The molecule has 0 bridgehead atoms. The monoisotopic (exact) mass is 1100 g/mol. The van der Waals surface area contributed by atoms with Crippen molar-refractivity contribution in [2.24, 2.45) is 10.7 Å². The molecule has 188 valence electrons. The maximum Gasteiger partial charge on any atom is -0.171 e. The van der Waals surface area contributed by atoms with E-state index in [1.165, 1.54) is 0 Å². The summed E-state index contributed by atoms with van der Waals surface area (Å²) in [6, 6.07) is 0. The summed E-state index contributed by atoms with van der Waals surface area (Å²) in [5.74, 6) is 0. The first-order valence-corrected chi connectivity index (χ1v) is 26.6. The number of nitrogens with one attached hydrogen (secondary N) is 4. The molecule has 0 aromatic rings. The fourth-order valence-electron chi connectivity index (χ4n) is 0. The van der Waals surface area contributed by atoms with Crippen LogP contribution in [0.2, 0.25) is 0 Å². The molecule has 0 radical (unpaired) electrons. The minimum absolute atomic E-state index is 0. The zero-order valence-electron chi connectivity index (χ0n) is 12.5. The Balaban J connectivity index is -0.0000000198. The van der Waals surface area contributed by atoms with Crippen molar-refractivity contribution in [2.45, 2.75) is 0 Å². The molecule has 27 heavy (non-hydrogen) atoms. The molecule has 0 rings (SSSR count). The number of halogens is 8. The average Bonchev–Trinajstić information content (AvgIpc) is 2.48. The summed E-state index contributed by atoms with van der Waals surface area (Å²) < 4.78 is 0. The maximum atomic E-state index is 8.00. The van der Waals surface area contributed by atoms with Gasteiger partial charge in [0, 0.05) is 0 Å². The van der Waals surface area contributed by atoms with Crippen molar-refractivity contribution in [1.29, 1.82) is 0 Å². The molecule has 23 heteroatoms. The minimum atomic E-state index is -1.85. The van der Waals surface area contributed by atoms with Crippen LogP contribution in [-0.4, -0.2) is 26.2 Å². The van der Waals surface area contributed by atoms with Gasteiger partial charge in [-0.1, -0.05) is 0 Å². The van der Waals surface area contributed by atoms with Crippen molar-refractivity contribution in [3.8, 4) is 0 Å². The van der Waals surface area contributed by atoms with Gasteiger partial charge in [-0.05, 0) is 0 Å². The first-order valence-electron chi connectivity index (χ1n) is 4.10. The Hall–Kier alpha value is 2.94. The number of hydrogen-bond donors (Lipinski definition) is 0. The number of rotatable bonds is 2. The van der Waals surface area contributed by atoms with Crippen LogP contribution in [-0.2, 0) is 44.9 Å². The van der Waals surface area contributed by atoms with Gasteiger partial charge < -0.3 is 55.5 Å². The Kier molecular flexibility index (Phi) is 188. The van der Waals surface area contributed by atoms with E-state index in [0.717, 1.165) is 10.7 Å². The topological polar surface area (TPSA) is 267 Å². The van der Waals surface area contributed by atoms with Crippen LogP contribution in [0.15, 0.2) is 10.7 Å². The molecule has 0 aromatic heterocycles. The summed E-state index contributed by atoms with van der Waals surface area (Å²) in [4.78, 5) is 16.0. The fraction of sp³-hybridized carbons (Fsp3) is 1.00. The van der Waals surface area contributed by atoms with Crippen LogP contribution in [0.4, 0.5) is 0 Å². The average molecular weight is 1110 g/mol. The van der Waals surface area contributed by atoms with Crippen LogP contribution < -0.4 is 0 Å². The standard InChI is InChI=1S/2C2H6N2.8ClH.2HNO2.2H2N.3Pt/c2*3-1-2-4;;;;;;;;;2*2-1-3;;;;;/h2*3-4H,1-2H2;8*1H;2*(H,2,3);2*1H2;;;/q2*-2;;;;;;;;;;;2*-1;2*+3;+4/p-10. The third-order valence-corrected chi connectivity index (χ3v) is 0.250. The molecule has 0 saturated heterocycles. The molecule has 0 fully saturated rings. The Labute approximate surface area is 210 Å². The largest absolute Gasteiger partial charge is 0.693 e. The molecule has 12 nitrogen and oxygen atoms in total. The molecule has 0 amide bonds. The Bertz CT molecular complexity index is 165. The third-order valence-electron chi connectivity index (χ3n) is 0.250. The van der Waals surface area contributed by atoms with Crippen molar-refractivity contribution < 1.29 is 44.9 Å². The first kappa shape index (κ1) is 57.2. The quantitative estimate of drug-likeness (QED) is 0.193. The van der Waals surface area contributed by atoms with Crippen LogP contribution in [0.3, 0.4) is 0 Å². The molecule has 0 aliphatic rings. The zero-order chi connectivity index (χ0) is 22.1. The van der Waals surface area contributed by atoms with E-state index in [1.54, 1.807) is 0 Å². The second-order valence-electron chi connectivity index (χ2n) is 1.47. The van der Waals surface area contributed by atoms with Gasteiger partial charge in [-0.25, -0.2) is 0 Å². The Morgan fingerprint density at radius 1 is 0.667 bits per heavy atom. The molecule has 0 spiro atoms. The third kappa shape index (κ3) is 859. The van der Waals surface area contributed by atoms with Crippen molar-refractivity contribution in [3.63, 3.8) is 0 Å². The molecule has 0 heterocycles. The van der Waals surface area contributed by atoms with Gasteiger partial charge in [0.25, 0.3) is 0 Å². The SMILES string of the molecule is O=N[O-].O=N[O-].[Cl][Pt+2][Cl].[Cl][Pt]([Cl])[Cl].[Cl][Pt]([Cl])[Cl].[NH-]CC[NH-].[NH-]CC[NH-].[NH2-].[NH2-]. The van der Waals surface area contributed by atoms with Crippen molar-refractivity contribution in [1.82, 2.24) is 0 Å². The van der Waals surface area contributed by atoms with Crippen LogP contribution in [0.5, 0.6) is 0 Å². The normalized spacial score (nSPS) is 7.26. The second-order valence-corrected chi connectivity index (χ2v) is 24.4. The minimum Gasteiger partial charge on any atom is -0.693 e. The second kappa shape index (κ2) is 88.9. The molecule has 0 aliphatic carbocycles. The van der Waals surface area contributed by atoms with E-state index < -0.39 is 44.9 Å². The van der Waals surface area contributed by atoms with Crippen LogP contribution >= 0.6 is 75.3 Å². The predicted molar refractivity (Wildman–Crippen MR) is 112 cm³/mol. The number of nitrogens with zero attached hydrogens (tertiary/aromatic N) is 2. The van der Waals surface area contributed by atoms with E-state index in [4.69, 9.17) is 119 Å². The molecule has 0 atom stereocenters. The van der Waals surface area contributed by atoms with Gasteiger partial charge in [-0.3, -0.25) is 0 Å². The zero-order valence-corrected chi connectivity index (χ0v) is 25.3. The van der Waals surface area contributed by atoms with Crippen molar-refractivity contribution in [2.75, 3.05) is 26.2 Å². The molecule has 8 N–H and O–H groups in total. The summed E-state index contributed by atoms with van der Waals surface area (Å²) in [6.07, 6.45) is 0. The molecule has 0 unspecified atom stereocenters. The van der Waals surface area contributed by atoms with E-state index in [-0.39, 0.29) is 38.5 Å². The smallest absolute Gasteiger partial charge is 0.171 e. The van der Waals surface area contributed by atoms with Gasteiger partial charge in [0.15, 0.2) is 0 Å². The van der Waals surface area contributed by atoms with Gasteiger partial charge in [-0.15, -0.1) is 10.7 Å². The first-order chi connectivity index (χ1) is 11.5. The van der Waals surface area contributed by atoms with E-state index in [1.807, 2.05) is 0 Å². The maximum absolute atomic E-state index is 8.00. The summed E-state index contributed by atoms with van der Waals surface area (Å²) in [7, 11) is 39.5. The van der Waals surface area contributed by atoms with Crippen molar-refractivity contribution in [3.05, 3.63) is 55.5 Å². The fourth-order valence-corrected chi connectivity index (χ4v) is 0. The summed E-state index contributed by atoms with van der Waals surface area (Å²) in [5.41, 5.74) is 25.1. The van der Waals surface area contributed by atoms with E-state index in [0.29, 0.717) is 0 Å². The summed E-state index contributed by atoms with van der Waals surface area (Å²) >= 11 is -4.18. The van der Waals surface area contributed by atoms with Crippen LogP contribution in [0.25, 0.3) is 35.2 Å².